The van der Waals surface area contributed by atoms with Crippen molar-refractivity contribution in [1.82, 2.24) is 24.6 Å². The number of rotatable bonds is 4. The third-order valence-corrected chi connectivity index (χ3v) is 4.71. The molecular formula is C16H13N5O3S. The van der Waals surface area contributed by atoms with Crippen LogP contribution in [0, 0.1) is 0 Å². The average Bonchev–Trinajstić information content (AvgIpc) is 3.27. The molecule has 2 aromatic heterocycles. The minimum atomic E-state index is -0.588. The van der Waals surface area contributed by atoms with Gasteiger partial charge in [-0.1, -0.05) is 30.0 Å². The number of aromatic nitrogens is 4. The van der Waals surface area contributed by atoms with E-state index < -0.39 is 6.09 Å². The van der Waals surface area contributed by atoms with E-state index in [4.69, 9.17) is 4.74 Å². The van der Waals surface area contributed by atoms with Crippen molar-refractivity contribution < 1.29 is 14.3 Å². The number of benzene rings is 1. The topological polar surface area (TPSA) is 90.2 Å². The van der Waals surface area contributed by atoms with E-state index >= 15 is 0 Å². The molecule has 1 aliphatic heterocycles. The fourth-order valence-corrected chi connectivity index (χ4v) is 3.36. The predicted octanol–water partition coefficient (Wildman–Crippen LogP) is 1.89. The van der Waals surface area contributed by atoms with Gasteiger partial charge in [0.1, 0.15) is 18.0 Å². The molecule has 0 spiro atoms. The number of thioether (sulfide) groups is 1. The maximum atomic E-state index is 12.1. The summed E-state index contributed by atoms with van der Waals surface area (Å²) in [5.41, 5.74) is 1.56. The number of para-hydroxylation sites is 1. The molecule has 0 N–H and O–H groups in total. The van der Waals surface area contributed by atoms with Crippen LogP contribution in [-0.4, -0.2) is 55.6 Å². The van der Waals surface area contributed by atoms with E-state index in [1.165, 1.54) is 18.1 Å². The van der Waals surface area contributed by atoms with Crippen molar-refractivity contribution in [3.05, 3.63) is 42.9 Å². The molecule has 0 unspecified atom stereocenters. The molecular weight excluding hydrogens is 342 g/mol. The van der Waals surface area contributed by atoms with E-state index in [0.717, 1.165) is 16.0 Å². The molecule has 8 nitrogen and oxygen atoms in total. The third-order valence-electron chi connectivity index (χ3n) is 3.72. The lowest BCUT2D eigenvalue weighted by Gasteiger charge is -2.10. The van der Waals surface area contributed by atoms with Crippen LogP contribution >= 0.6 is 11.8 Å². The number of hydrogen-bond acceptors (Lipinski definition) is 7. The highest BCUT2D eigenvalue weighted by atomic mass is 32.2. The zero-order chi connectivity index (χ0) is 17.2. The van der Waals surface area contributed by atoms with Gasteiger partial charge in [0.15, 0.2) is 5.65 Å². The number of amides is 2. The molecule has 25 heavy (non-hydrogen) atoms. The highest BCUT2D eigenvalue weighted by molar-refractivity contribution is 8.00. The summed E-state index contributed by atoms with van der Waals surface area (Å²) in [7, 11) is 0. The van der Waals surface area contributed by atoms with Gasteiger partial charge in [-0.05, 0) is 12.1 Å². The fraction of sp³-hybridized carbons (Fsp3) is 0.188. The highest BCUT2D eigenvalue weighted by Gasteiger charge is 2.28. The first kappa shape index (κ1) is 15.6. The monoisotopic (exact) mass is 355 g/mol. The summed E-state index contributed by atoms with van der Waals surface area (Å²) in [5, 5.41) is 5.78. The molecule has 4 rings (SSSR count). The van der Waals surface area contributed by atoms with Crippen molar-refractivity contribution in [2.45, 2.75) is 5.03 Å². The van der Waals surface area contributed by atoms with Crippen molar-refractivity contribution in [2.75, 3.05) is 18.9 Å². The summed E-state index contributed by atoms with van der Waals surface area (Å²) in [6, 6.07) is 9.65. The van der Waals surface area contributed by atoms with Crippen LogP contribution in [0.1, 0.15) is 0 Å². The zero-order valence-corrected chi connectivity index (χ0v) is 13.8. The van der Waals surface area contributed by atoms with Crippen LogP contribution < -0.4 is 0 Å². The van der Waals surface area contributed by atoms with Gasteiger partial charge in [-0.25, -0.2) is 24.3 Å². The first-order chi connectivity index (χ1) is 12.2. The number of fused-ring (bicyclic) bond motifs is 1. The Balaban J connectivity index is 1.58. The van der Waals surface area contributed by atoms with E-state index in [-0.39, 0.29) is 18.3 Å². The summed E-state index contributed by atoms with van der Waals surface area (Å²) in [6.07, 6.45) is 2.54. The van der Waals surface area contributed by atoms with Crippen LogP contribution in [0.5, 0.6) is 0 Å². The van der Waals surface area contributed by atoms with Crippen LogP contribution in [0.15, 0.2) is 47.9 Å². The number of cyclic esters (lactones) is 1. The molecule has 0 aliphatic carbocycles. The molecule has 1 aliphatic rings. The summed E-state index contributed by atoms with van der Waals surface area (Å²) in [5.74, 6) is -0.202. The predicted molar refractivity (Wildman–Crippen MR) is 90.4 cm³/mol. The SMILES string of the molecule is O=C(CSc1ncnc2c1cnn2-c1ccccc1)N1CCOC1=O. The smallest absolute Gasteiger partial charge is 0.416 e. The van der Waals surface area contributed by atoms with Gasteiger partial charge in [-0.2, -0.15) is 5.10 Å². The second-order valence-corrected chi connectivity index (χ2v) is 6.22. The Hall–Kier alpha value is -2.94. The molecule has 0 saturated carbocycles. The molecule has 0 atom stereocenters. The molecule has 1 fully saturated rings. The van der Waals surface area contributed by atoms with Crippen molar-refractivity contribution in [1.29, 1.82) is 0 Å². The Kier molecular flexibility index (Phi) is 4.06. The van der Waals surface area contributed by atoms with Crippen molar-refractivity contribution in [3.8, 4) is 5.69 Å². The molecule has 9 heteroatoms. The standard InChI is InChI=1S/C16H13N5O3S/c22-13(20-6-7-24-16(20)23)9-25-15-12-8-19-21(14(12)17-10-18-15)11-4-2-1-3-5-11/h1-5,8,10H,6-7,9H2. The van der Waals surface area contributed by atoms with Gasteiger partial charge < -0.3 is 4.74 Å². The van der Waals surface area contributed by atoms with Crippen molar-refractivity contribution in [3.63, 3.8) is 0 Å². The van der Waals surface area contributed by atoms with Crippen LogP contribution in [0.25, 0.3) is 16.7 Å². The second-order valence-electron chi connectivity index (χ2n) is 5.26. The Morgan fingerprint density at radius 1 is 1.24 bits per heavy atom. The first-order valence-corrected chi connectivity index (χ1v) is 8.56. The maximum Gasteiger partial charge on any atom is 0.416 e. The molecule has 3 aromatic rings. The van der Waals surface area contributed by atoms with Crippen LogP contribution in [0.3, 0.4) is 0 Å². The zero-order valence-electron chi connectivity index (χ0n) is 13.0. The molecule has 126 valence electrons. The molecule has 1 saturated heterocycles. The van der Waals surface area contributed by atoms with E-state index in [1.54, 1.807) is 10.9 Å². The highest BCUT2D eigenvalue weighted by Crippen LogP contribution is 2.26. The lowest BCUT2D eigenvalue weighted by atomic mass is 10.3. The number of carbonyl (C=O) groups is 2. The van der Waals surface area contributed by atoms with Crippen LogP contribution in [0.4, 0.5) is 4.79 Å². The minimum absolute atomic E-state index is 0.0950. The Bertz CT molecular complexity index is 943. The number of hydrogen-bond donors (Lipinski definition) is 0. The van der Waals surface area contributed by atoms with E-state index in [2.05, 4.69) is 15.1 Å². The molecule has 2 amide bonds. The molecule has 0 radical (unpaired) electrons. The second kappa shape index (κ2) is 6.52. The van der Waals surface area contributed by atoms with Crippen LogP contribution in [-0.2, 0) is 9.53 Å². The maximum absolute atomic E-state index is 12.1. The van der Waals surface area contributed by atoms with Crippen LogP contribution in [0.2, 0.25) is 0 Å². The van der Waals surface area contributed by atoms with E-state index in [0.29, 0.717) is 17.2 Å². The largest absolute Gasteiger partial charge is 0.447 e. The van der Waals surface area contributed by atoms with Gasteiger partial charge in [0.2, 0.25) is 5.91 Å². The average molecular weight is 355 g/mol. The van der Waals surface area contributed by atoms with Crippen molar-refractivity contribution >= 4 is 34.8 Å². The third kappa shape index (κ3) is 2.93. The molecule has 3 heterocycles. The lowest BCUT2D eigenvalue weighted by molar-refractivity contribution is -0.125. The van der Waals surface area contributed by atoms with Gasteiger partial charge in [0.05, 0.1) is 29.6 Å². The minimum Gasteiger partial charge on any atom is -0.447 e. The first-order valence-electron chi connectivity index (χ1n) is 7.58. The fourth-order valence-electron chi connectivity index (χ4n) is 2.52. The molecule has 0 bridgehead atoms. The summed E-state index contributed by atoms with van der Waals surface area (Å²) in [4.78, 5) is 33.2. The Labute approximate surface area is 146 Å². The van der Waals surface area contributed by atoms with Gasteiger partial charge >= 0.3 is 6.09 Å². The number of imide groups is 1. The summed E-state index contributed by atoms with van der Waals surface area (Å²) in [6.45, 7) is 0.542. The van der Waals surface area contributed by atoms with E-state index in [9.17, 15) is 9.59 Å². The van der Waals surface area contributed by atoms with Gasteiger partial charge in [0.25, 0.3) is 0 Å². The Morgan fingerprint density at radius 3 is 2.84 bits per heavy atom. The van der Waals surface area contributed by atoms with E-state index in [1.807, 2.05) is 30.3 Å². The van der Waals surface area contributed by atoms with Gasteiger partial charge in [-0.3, -0.25) is 4.79 Å². The Morgan fingerprint density at radius 2 is 2.08 bits per heavy atom. The summed E-state index contributed by atoms with van der Waals surface area (Å²) < 4.78 is 6.50. The number of carbonyl (C=O) groups excluding carboxylic acids is 2. The van der Waals surface area contributed by atoms with Gasteiger partial charge in [-0.15, -0.1) is 0 Å². The normalized spacial score (nSPS) is 14.1. The van der Waals surface area contributed by atoms with Gasteiger partial charge in [0, 0.05) is 0 Å². The quantitative estimate of drug-likeness (QED) is 0.521. The summed E-state index contributed by atoms with van der Waals surface area (Å²) >= 11 is 1.25. The number of nitrogens with zero attached hydrogens (tertiary/aromatic N) is 5. The van der Waals surface area contributed by atoms with Crippen molar-refractivity contribution in [2.24, 2.45) is 0 Å². The lowest BCUT2D eigenvalue weighted by Crippen LogP contribution is -2.33. The molecule has 1 aromatic carbocycles. The number of ether oxygens (including phenoxy) is 1.